The van der Waals surface area contributed by atoms with Gasteiger partial charge in [0, 0.05) is 18.0 Å². The molecule has 0 radical (unpaired) electrons. The van der Waals surface area contributed by atoms with E-state index in [0.29, 0.717) is 5.56 Å². The summed E-state index contributed by atoms with van der Waals surface area (Å²) in [5.41, 5.74) is 5.49. The molecule has 2 aromatic heterocycles. The first-order valence-corrected chi connectivity index (χ1v) is 6.52. The van der Waals surface area contributed by atoms with E-state index < -0.39 is 0 Å². The van der Waals surface area contributed by atoms with Crippen LogP contribution in [0.1, 0.15) is 15.9 Å². The highest BCUT2D eigenvalue weighted by Gasteiger charge is 2.02. The summed E-state index contributed by atoms with van der Waals surface area (Å²) in [5.74, 6) is -0.278. The van der Waals surface area contributed by atoms with Crippen molar-refractivity contribution < 1.29 is 4.79 Å². The normalized spacial score (nSPS) is 11.0. The van der Waals surface area contributed by atoms with Gasteiger partial charge in [-0.15, -0.1) is 0 Å². The van der Waals surface area contributed by atoms with Gasteiger partial charge in [0.15, 0.2) is 0 Å². The number of amides is 1. The summed E-state index contributed by atoms with van der Waals surface area (Å²) in [4.78, 5) is 15.6. The second-order valence-electron chi connectivity index (χ2n) is 3.95. The highest BCUT2D eigenvalue weighted by Crippen LogP contribution is 2.12. The maximum Gasteiger partial charge on any atom is 0.271 e. The van der Waals surface area contributed by atoms with Crippen LogP contribution in [0, 0.1) is 0 Å². The van der Waals surface area contributed by atoms with Gasteiger partial charge in [0.05, 0.1) is 17.9 Å². The molecule has 0 atom stereocenters. The van der Waals surface area contributed by atoms with E-state index in [0.717, 1.165) is 16.6 Å². The minimum atomic E-state index is -0.278. The number of carbonyl (C=O) groups excluding carboxylic acids is 1. The summed E-state index contributed by atoms with van der Waals surface area (Å²) < 4.78 is 8.26. The topological polar surface area (TPSA) is 80.1 Å². The van der Waals surface area contributed by atoms with Crippen molar-refractivity contribution in [2.24, 2.45) is 5.10 Å². The molecule has 6 nitrogen and oxygen atoms in total. The lowest BCUT2D eigenvalue weighted by molar-refractivity contribution is 0.0955. The third kappa shape index (κ3) is 2.67. The molecule has 1 aromatic carbocycles. The van der Waals surface area contributed by atoms with E-state index in [1.165, 1.54) is 11.7 Å². The van der Waals surface area contributed by atoms with Crippen molar-refractivity contribution >= 4 is 34.9 Å². The zero-order valence-corrected chi connectivity index (χ0v) is 11.0. The van der Waals surface area contributed by atoms with E-state index in [-0.39, 0.29) is 5.91 Å². The Morgan fingerprint density at radius 2 is 1.95 bits per heavy atom. The predicted molar refractivity (Wildman–Crippen MR) is 76.7 cm³/mol. The fraction of sp³-hybridized carbons (Fsp3) is 0. The lowest BCUT2D eigenvalue weighted by Gasteiger charge is -1.98. The molecule has 0 bridgehead atoms. The molecular formula is C13H9N5OS. The average molecular weight is 283 g/mol. The molecule has 20 heavy (non-hydrogen) atoms. The van der Waals surface area contributed by atoms with Crippen LogP contribution in [0.5, 0.6) is 0 Å². The molecule has 1 amide bonds. The van der Waals surface area contributed by atoms with Crippen LogP contribution in [0.4, 0.5) is 0 Å². The number of benzene rings is 1. The van der Waals surface area contributed by atoms with Crippen molar-refractivity contribution in [3.05, 3.63) is 53.9 Å². The van der Waals surface area contributed by atoms with Crippen molar-refractivity contribution in [3.8, 4) is 0 Å². The first-order valence-electron chi connectivity index (χ1n) is 5.79. The Kier molecular flexibility index (Phi) is 3.42. The van der Waals surface area contributed by atoms with Crippen LogP contribution in [-0.2, 0) is 0 Å². The molecule has 0 unspecified atom stereocenters. The van der Waals surface area contributed by atoms with Crippen LogP contribution in [0.3, 0.4) is 0 Å². The van der Waals surface area contributed by atoms with E-state index in [4.69, 9.17) is 0 Å². The molecule has 0 saturated carbocycles. The Labute approximate surface area is 118 Å². The van der Waals surface area contributed by atoms with Gasteiger partial charge in [-0.3, -0.25) is 9.78 Å². The molecule has 2 heterocycles. The van der Waals surface area contributed by atoms with Crippen LogP contribution in [-0.4, -0.2) is 25.9 Å². The third-order valence-corrected chi connectivity index (χ3v) is 3.16. The number of hydrogen-bond acceptors (Lipinski definition) is 6. The molecule has 7 heteroatoms. The molecule has 0 aliphatic heterocycles. The summed E-state index contributed by atoms with van der Waals surface area (Å²) in [6.45, 7) is 0. The Morgan fingerprint density at radius 3 is 2.80 bits per heavy atom. The Hall–Kier alpha value is -2.67. The van der Waals surface area contributed by atoms with Gasteiger partial charge in [0.25, 0.3) is 5.91 Å². The molecule has 98 valence electrons. The van der Waals surface area contributed by atoms with E-state index in [1.54, 1.807) is 30.7 Å². The summed E-state index contributed by atoms with van der Waals surface area (Å²) in [5, 5.41) is 3.92. The lowest BCUT2D eigenvalue weighted by atomic mass is 10.2. The van der Waals surface area contributed by atoms with Crippen LogP contribution in [0.25, 0.3) is 11.0 Å². The molecule has 0 aliphatic rings. The summed E-state index contributed by atoms with van der Waals surface area (Å²) in [7, 11) is 0. The Balaban J connectivity index is 1.69. The molecular weight excluding hydrogens is 274 g/mol. The fourth-order valence-corrected chi connectivity index (χ4v) is 2.13. The molecule has 3 aromatic rings. The molecule has 0 aliphatic carbocycles. The second kappa shape index (κ2) is 5.54. The van der Waals surface area contributed by atoms with Crippen LogP contribution >= 0.6 is 11.7 Å². The van der Waals surface area contributed by atoms with E-state index in [9.17, 15) is 4.79 Å². The SMILES string of the molecule is O=C(NN=Cc1ccc2nsnc2c1)c1ccncc1. The number of hydrazone groups is 1. The van der Waals surface area contributed by atoms with E-state index in [2.05, 4.69) is 24.3 Å². The predicted octanol–water partition coefficient (Wildman–Crippen LogP) is 1.85. The van der Waals surface area contributed by atoms with Gasteiger partial charge in [-0.1, -0.05) is 6.07 Å². The number of nitrogens with one attached hydrogen (secondary N) is 1. The van der Waals surface area contributed by atoms with Gasteiger partial charge in [-0.2, -0.15) is 13.8 Å². The number of hydrogen-bond donors (Lipinski definition) is 1. The number of carbonyl (C=O) groups is 1. The minimum absolute atomic E-state index is 0.278. The van der Waals surface area contributed by atoms with E-state index in [1.807, 2.05) is 18.2 Å². The van der Waals surface area contributed by atoms with E-state index >= 15 is 0 Å². The van der Waals surface area contributed by atoms with Gasteiger partial charge >= 0.3 is 0 Å². The Morgan fingerprint density at radius 1 is 1.15 bits per heavy atom. The lowest BCUT2D eigenvalue weighted by Crippen LogP contribution is -2.17. The number of fused-ring (bicyclic) bond motifs is 1. The molecule has 3 rings (SSSR count). The average Bonchev–Trinajstić information content (AvgIpc) is 2.95. The second-order valence-corrected chi connectivity index (χ2v) is 4.48. The molecule has 1 N–H and O–H groups in total. The highest BCUT2D eigenvalue weighted by atomic mass is 32.1. The largest absolute Gasteiger partial charge is 0.271 e. The summed E-state index contributed by atoms with van der Waals surface area (Å²) in [6, 6.07) is 8.84. The fourth-order valence-electron chi connectivity index (χ4n) is 1.61. The number of pyridine rings is 1. The Bertz CT molecular complexity index is 769. The van der Waals surface area contributed by atoms with Gasteiger partial charge in [0.1, 0.15) is 11.0 Å². The quantitative estimate of drug-likeness (QED) is 0.587. The smallest absolute Gasteiger partial charge is 0.267 e. The van der Waals surface area contributed by atoms with Gasteiger partial charge < -0.3 is 0 Å². The van der Waals surface area contributed by atoms with Gasteiger partial charge in [-0.05, 0) is 29.8 Å². The number of aromatic nitrogens is 3. The summed E-state index contributed by atoms with van der Waals surface area (Å²) >= 11 is 1.17. The molecule has 0 spiro atoms. The van der Waals surface area contributed by atoms with Crippen molar-refractivity contribution in [2.75, 3.05) is 0 Å². The number of rotatable bonds is 3. The first kappa shape index (κ1) is 12.4. The van der Waals surface area contributed by atoms with Crippen LogP contribution in [0.15, 0.2) is 47.8 Å². The standard InChI is InChI=1S/C13H9N5OS/c19-13(10-3-5-14-6-4-10)16-15-8-9-1-2-11-12(7-9)18-20-17-11/h1-8H,(H,16,19). The highest BCUT2D eigenvalue weighted by molar-refractivity contribution is 7.00. The van der Waals surface area contributed by atoms with Crippen molar-refractivity contribution in [2.45, 2.75) is 0 Å². The zero-order valence-electron chi connectivity index (χ0n) is 10.2. The third-order valence-electron chi connectivity index (χ3n) is 2.60. The maximum atomic E-state index is 11.7. The monoisotopic (exact) mass is 283 g/mol. The van der Waals surface area contributed by atoms with Crippen molar-refractivity contribution in [1.82, 2.24) is 19.2 Å². The van der Waals surface area contributed by atoms with Crippen LogP contribution < -0.4 is 5.43 Å². The van der Waals surface area contributed by atoms with Gasteiger partial charge in [0.2, 0.25) is 0 Å². The van der Waals surface area contributed by atoms with Gasteiger partial charge in [-0.25, -0.2) is 5.43 Å². The molecule has 0 fully saturated rings. The number of nitrogens with zero attached hydrogens (tertiary/aromatic N) is 4. The van der Waals surface area contributed by atoms with Crippen molar-refractivity contribution in [3.63, 3.8) is 0 Å². The van der Waals surface area contributed by atoms with Crippen molar-refractivity contribution in [1.29, 1.82) is 0 Å². The zero-order chi connectivity index (χ0) is 13.8. The maximum absolute atomic E-state index is 11.7. The first-order chi connectivity index (χ1) is 9.83. The summed E-state index contributed by atoms with van der Waals surface area (Å²) in [6.07, 6.45) is 4.68. The van der Waals surface area contributed by atoms with Crippen LogP contribution in [0.2, 0.25) is 0 Å². The minimum Gasteiger partial charge on any atom is -0.267 e. The molecule has 0 saturated heterocycles.